The van der Waals surface area contributed by atoms with Crippen molar-refractivity contribution >= 4 is 5.69 Å². The lowest BCUT2D eigenvalue weighted by Crippen LogP contribution is -2.29. The van der Waals surface area contributed by atoms with E-state index < -0.39 is 12.1 Å². The molecule has 5 heteroatoms. The fraction of sp³-hybridized carbons (Fsp3) is 0.667. The Kier molecular flexibility index (Phi) is 4.89. The van der Waals surface area contributed by atoms with Gasteiger partial charge in [-0.15, -0.1) is 0 Å². The van der Waals surface area contributed by atoms with Crippen LogP contribution >= 0.6 is 0 Å². The Balaban J connectivity index is 1.78. The summed E-state index contributed by atoms with van der Waals surface area (Å²) in [4.78, 5) is 4.15. The lowest BCUT2D eigenvalue weighted by Gasteiger charge is -2.30. The van der Waals surface area contributed by atoms with Crippen LogP contribution in [0, 0.1) is 11.8 Å². The van der Waals surface area contributed by atoms with Crippen LogP contribution in [0.3, 0.4) is 0 Å². The molecule has 1 aliphatic carbocycles. The molecule has 0 aliphatic heterocycles. The normalized spacial score (nSPS) is 23.6. The zero-order chi connectivity index (χ0) is 14.6. The molecule has 1 aromatic heterocycles. The van der Waals surface area contributed by atoms with Gasteiger partial charge >= 0.3 is 6.18 Å². The SMILES string of the molecule is CCc1cncc(NCC2CCC(C(F)(F)F)CC2)c1. The van der Waals surface area contributed by atoms with Crippen molar-refractivity contribution in [3.05, 3.63) is 24.0 Å². The third-order valence-electron chi connectivity index (χ3n) is 4.11. The van der Waals surface area contributed by atoms with E-state index in [4.69, 9.17) is 0 Å². The van der Waals surface area contributed by atoms with E-state index in [0.29, 0.717) is 18.8 Å². The van der Waals surface area contributed by atoms with E-state index in [2.05, 4.69) is 17.2 Å². The van der Waals surface area contributed by atoms with Crippen molar-refractivity contribution in [2.75, 3.05) is 11.9 Å². The third-order valence-corrected chi connectivity index (χ3v) is 4.11. The van der Waals surface area contributed by atoms with Crippen molar-refractivity contribution in [2.45, 2.75) is 45.2 Å². The average Bonchev–Trinajstić information content (AvgIpc) is 2.45. The molecule has 1 saturated carbocycles. The largest absolute Gasteiger partial charge is 0.391 e. The van der Waals surface area contributed by atoms with Crippen LogP contribution < -0.4 is 5.32 Å². The van der Waals surface area contributed by atoms with Crippen LogP contribution in [0.25, 0.3) is 0 Å². The van der Waals surface area contributed by atoms with E-state index >= 15 is 0 Å². The zero-order valence-electron chi connectivity index (χ0n) is 11.7. The molecular formula is C15H21F3N2. The van der Waals surface area contributed by atoms with E-state index in [1.54, 1.807) is 6.20 Å². The number of aryl methyl sites for hydroxylation is 1. The van der Waals surface area contributed by atoms with Gasteiger partial charge in [-0.2, -0.15) is 13.2 Å². The second-order valence-corrected chi connectivity index (χ2v) is 5.58. The van der Waals surface area contributed by atoms with Gasteiger partial charge in [0, 0.05) is 18.9 Å². The molecule has 1 aliphatic rings. The minimum Gasteiger partial charge on any atom is -0.384 e. The average molecular weight is 286 g/mol. The predicted octanol–water partition coefficient (Wildman–Crippen LogP) is 4.42. The summed E-state index contributed by atoms with van der Waals surface area (Å²) in [5.41, 5.74) is 2.12. The highest BCUT2D eigenvalue weighted by Crippen LogP contribution is 2.39. The molecule has 1 fully saturated rings. The van der Waals surface area contributed by atoms with Crippen LogP contribution in [-0.4, -0.2) is 17.7 Å². The maximum atomic E-state index is 12.6. The van der Waals surface area contributed by atoms with Gasteiger partial charge < -0.3 is 5.32 Å². The van der Waals surface area contributed by atoms with Gasteiger partial charge in [-0.3, -0.25) is 4.98 Å². The minimum absolute atomic E-state index is 0.267. The summed E-state index contributed by atoms with van der Waals surface area (Å²) < 4.78 is 37.7. The molecule has 0 radical (unpaired) electrons. The van der Waals surface area contributed by atoms with Crippen LogP contribution in [0.2, 0.25) is 0 Å². The molecule has 0 amide bonds. The van der Waals surface area contributed by atoms with Crippen molar-refractivity contribution in [1.29, 1.82) is 0 Å². The molecule has 2 nitrogen and oxygen atoms in total. The van der Waals surface area contributed by atoms with Crippen LogP contribution in [0.5, 0.6) is 0 Å². The zero-order valence-corrected chi connectivity index (χ0v) is 11.7. The molecule has 0 bridgehead atoms. The molecule has 0 saturated heterocycles. The maximum Gasteiger partial charge on any atom is 0.391 e. The molecular weight excluding hydrogens is 265 g/mol. The second kappa shape index (κ2) is 6.46. The van der Waals surface area contributed by atoms with Crippen molar-refractivity contribution in [1.82, 2.24) is 4.98 Å². The van der Waals surface area contributed by atoms with Gasteiger partial charge in [0.25, 0.3) is 0 Å². The number of pyridine rings is 1. The molecule has 1 aromatic rings. The van der Waals surface area contributed by atoms with Gasteiger partial charge in [0.1, 0.15) is 0 Å². The number of hydrogen-bond donors (Lipinski definition) is 1. The van der Waals surface area contributed by atoms with Gasteiger partial charge in [0.15, 0.2) is 0 Å². The summed E-state index contributed by atoms with van der Waals surface area (Å²) >= 11 is 0. The lowest BCUT2D eigenvalue weighted by molar-refractivity contribution is -0.183. The molecule has 0 unspecified atom stereocenters. The first-order valence-electron chi connectivity index (χ1n) is 7.23. The third kappa shape index (κ3) is 4.12. The van der Waals surface area contributed by atoms with Crippen LogP contribution in [0.4, 0.5) is 18.9 Å². The molecule has 1 N–H and O–H groups in total. The fourth-order valence-electron chi connectivity index (χ4n) is 2.73. The Bertz CT molecular complexity index is 423. The van der Waals surface area contributed by atoms with Crippen molar-refractivity contribution < 1.29 is 13.2 Å². The summed E-state index contributed by atoms with van der Waals surface area (Å²) in [5.74, 6) is -0.761. The Morgan fingerprint density at radius 1 is 1.20 bits per heavy atom. The Morgan fingerprint density at radius 2 is 1.90 bits per heavy atom. The molecule has 0 spiro atoms. The quantitative estimate of drug-likeness (QED) is 0.886. The summed E-state index contributed by atoms with van der Waals surface area (Å²) in [7, 11) is 0. The highest BCUT2D eigenvalue weighted by molar-refractivity contribution is 5.42. The number of halogens is 3. The summed E-state index contributed by atoms with van der Waals surface area (Å²) in [6.07, 6.45) is 2.35. The van der Waals surface area contributed by atoms with Crippen molar-refractivity contribution in [3.8, 4) is 0 Å². The Morgan fingerprint density at radius 3 is 2.50 bits per heavy atom. The first-order valence-corrected chi connectivity index (χ1v) is 7.23. The predicted molar refractivity (Wildman–Crippen MR) is 73.6 cm³/mol. The summed E-state index contributed by atoms with van der Waals surface area (Å²) in [6, 6.07) is 2.05. The van der Waals surface area contributed by atoms with E-state index in [-0.39, 0.29) is 12.8 Å². The number of nitrogens with zero attached hydrogens (tertiary/aromatic N) is 1. The molecule has 0 atom stereocenters. The van der Waals surface area contributed by atoms with Gasteiger partial charge in [0.2, 0.25) is 0 Å². The highest BCUT2D eigenvalue weighted by Gasteiger charge is 2.41. The van der Waals surface area contributed by atoms with Gasteiger partial charge in [0.05, 0.1) is 11.6 Å². The number of hydrogen-bond acceptors (Lipinski definition) is 2. The monoisotopic (exact) mass is 286 g/mol. The van der Waals surface area contributed by atoms with E-state index in [0.717, 1.165) is 24.2 Å². The van der Waals surface area contributed by atoms with Gasteiger partial charge in [-0.25, -0.2) is 0 Å². The first kappa shape index (κ1) is 15.1. The van der Waals surface area contributed by atoms with Crippen LogP contribution in [0.1, 0.15) is 38.2 Å². The highest BCUT2D eigenvalue weighted by atomic mass is 19.4. The number of rotatable bonds is 4. The summed E-state index contributed by atoms with van der Waals surface area (Å²) in [5, 5.41) is 3.30. The molecule has 1 heterocycles. The Labute approximate surface area is 117 Å². The van der Waals surface area contributed by atoms with E-state index in [9.17, 15) is 13.2 Å². The van der Waals surface area contributed by atoms with E-state index in [1.807, 2.05) is 12.3 Å². The molecule has 2 rings (SSSR count). The lowest BCUT2D eigenvalue weighted by atomic mass is 9.81. The fourth-order valence-corrected chi connectivity index (χ4v) is 2.73. The second-order valence-electron chi connectivity index (χ2n) is 5.58. The number of alkyl halides is 3. The molecule has 20 heavy (non-hydrogen) atoms. The maximum absolute atomic E-state index is 12.6. The van der Waals surface area contributed by atoms with Crippen LogP contribution in [-0.2, 0) is 6.42 Å². The molecule has 112 valence electrons. The van der Waals surface area contributed by atoms with Crippen LogP contribution in [0.15, 0.2) is 18.5 Å². The number of nitrogens with one attached hydrogen (secondary N) is 1. The summed E-state index contributed by atoms with van der Waals surface area (Å²) in [6.45, 7) is 2.80. The standard InChI is InChI=1S/C15H21F3N2/c1-2-11-7-14(10-19-8-11)20-9-12-3-5-13(6-4-12)15(16,17)18/h7-8,10,12-13,20H,2-6,9H2,1H3. The minimum atomic E-state index is -4.02. The molecule has 0 aromatic carbocycles. The van der Waals surface area contributed by atoms with Crippen molar-refractivity contribution in [2.24, 2.45) is 11.8 Å². The topological polar surface area (TPSA) is 24.9 Å². The van der Waals surface area contributed by atoms with Gasteiger partial charge in [-0.05, 0) is 49.7 Å². The van der Waals surface area contributed by atoms with E-state index in [1.165, 1.54) is 0 Å². The number of anilines is 1. The van der Waals surface area contributed by atoms with Gasteiger partial charge in [-0.1, -0.05) is 6.92 Å². The smallest absolute Gasteiger partial charge is 0.384 e. The first-order chi connectivity index (χ1) is 9.49. The number of aromatic nitrogens is 1. The van der Waals surface area contributed by atoms with Crippen molar-refractivity contribution in [3.63, 3.8) is 0 Å². The Hall–Kier alpha value is -1.26.